The quantitative estimate of drug-likeness (QED) is 0.845. The molecule has 6 nitrogen and oxygen atoms in total. The van der Waals surface area contributed by atoms with Crippen molar-refractivity contribution in [1.82, 2.24) is 14.5 Å². The molecule has 0 aliphatic carbocycles. The lowest BCUT2D eigenvalue weighted by molar-refractivity contribution is -0.303. The van der Waals surface area contributed by atoms with E-state index in [1.54, 1.807) is 6.33 Å². The highest BCUT2D eigenvalue weighted by Crippen LogP contribution is 2.37. The molecule has 0 bridgehead atoms. The number of para-hydroxylation sites is 2. The molecule has 2 aromatic rings. The zero-order valence-electron chi connectivity index (χ0n) is 13.5. The molecule has 2 saturated heterocycles. The predicted octanol–water partition coefficient (Wildman–Crippen LogP) is 1.65. The zero-order chi connectivity index (χ0) is 16.1. The van der Waals surface area contributed by atoms with Gasteiger partial charge in [-0.1, -0.05) is 12.1 Å². The second kappa shape index (κ2) is 5.04. The van der Waals surface area contributed by atoms with Gasteiger partial charge in [-0.25, -0.2) is 4.98 Å². The summed E-state index contributed by atoms with van der Waals surface area (Å²) in [6.45, 7) is 6.87. The Hall–Kier alpha value is -1.92. The van der Waals surface area contributed by atoms with Crippen molar-refractivity contribution < 1.29 is 14.3 Å². The number of carbonyl (C=O) groups is 1. The number of imidazole rings is 1. The highest BCUT2D eigenvalue weighted by Gasteiger charge is 2.50. The van der Waals surface area contributed by atoms with Crippen LogP contribution in [0.3, 0.4) is 0 Å². The van der Waals surface area contributed by atoms with Crippen LogP contribution in [-0.2, 0) is 20.8 Å². The van der Waals surface area contributed by atoms with Crippen molar-refractivity contribution in [2.75, 3.05) is 26.3 Å². The van der Waals surface area contributed by atoms with Crippen LogP contribution in [0, 0.1) is 5.41 Å². The van der Waals surface area contributed by atoms with Crippen molar-refractivity contribution >= 4 is 16.9 Å². The number of hydrogen-bond acceptors (Lipinski definition) is 4. The van der Waals surface area contributed by atoms with Gasteiger partial charge in [0.05, 0.1) is 36.0 Å². The minimum atomic E-state index is -0.509. The van der Waals surface area contributed by atoms with Gasteiger partial charge in [0.1, 0.15) is 6.54 Å². The monoisotopic (exact) mass is 315 g/mol. The second-order valence-electron chi connectivity index (χ2n) is 7.09. The Morgan fingerprint density at radius 1 is 1.22 bits per heavy atom. The third kappa shape index (κ3) is 2.62. The van der Waals surface area contributed by atoms with Crippen molar-refractivity contribution in [1.29, 1.82) is 0 Å². The lowest BCUT2D eigenvalue weighted by atomic mass is 9.80. The minimum absolute atomic E-state index is 0.0256. The summed E-state index contributed by atoms with van der Waals surface area (Å²) >= 11 is 0. The molecule has 23 heavy (non-hydrogen) atoms. The first kappa shape index (κ1) is 14.7. The third-order valence-corrected chi connectivity index (χ3v) is 4.69. The van der Waals surface area contributed by atoms with E-state index in [9.17, 15) is 4.79 Å². The molecule has 2 fully saturated rings. The molecule has 2 aliphatic rings. The summed E-state index contributed by atoms with van der Waals surface area (Å²) in [5, 5.41) is 0. The topological polar surface area (TPSA) is 56.6 Å². The van der Waals surface area contributed by atoms with Crippen LogP contribution in [0.15, 0.2) is 30.6 Å². The van der Waals surface area contributed by atoms with Crippen molar-refractivity contribution in [2.45, 2.75) is 26.2 Å². The lowest BCUT2D eigenvalue weighted by Crippen LogP contribution is -2.66. The van der Waals surface area contributed by atoms with E-state index >= 15 is 0 Å². The van der Waals surface area contributed by atoms with E-state index in [4.69, 9.17) is 9.47 Å². The molecule has 0 N–H and O–H groups in total. The highest BCUT2D eigenvalue weighted by molar-refractivity contribution is 5.81. The molecule has 2 aliphatic heterocycles. The van der Waals surface area contributed by atoms with Gasteiger partial charge in [0.15, 0.2) is 5.79 Å². The molecule has 0 atom stereocenters. The molecule has 1 aromatic carbocycles. The SMILES string of the molecule is CC1(C)OCC2(CO1)CN(C(=O)Cn1cnc3ccccc31)C2. The molecule has 122 valence electrons. The maximum absolute atomic E-state index is 12.5. The summed E-state index contributed by atoms with van der Waals surface area (Å²) in [6, 6.07) is 7.85. The first-order valence-corrected chi connectivity index (χ1v) is 7.92. The van der Waals surface area contributed by atoms with Crippen LogP contribution in [-0.4, -0.2) is 52.4 Å². The summed E-state index contributed by atoms with van der Waals surface area (Å²) in [5.74, 6) is -0.394. The predicted molar refractivity (Wildman–Crippen MR) is 84.7 cm³/mol. The molecule has 0 saturated carbocycles. The average molecular weight is 315 g/mol. The van der Waals surface area contributed by atoms with Crippen molar-refractivity contribution in [3.63, 3.8) is 0 Å². The molecular formula is C17H21N3O3. The molecule has 1 amide bonds. The van der Waals surface area contributed by atoms with Crippen LogP contribution in [0.4, 0.5) is 0 Å². The largest absolute Gasteiger partial charge is 0.350 e. The number of aromatic nitrogens is 2. The summed E-state index contributed by atoms with van der Waals surface area (Å²) in [5.41, 5.74) is 1.88. The summed E-state index contributed by atoms with van der Waals surface area (Å²) in [6.07, 6.45) is 1.73. The number of amides is 1. The van der Waals surface area contributed by atoms with Crippen LogP contribution in [0.5, 0.6) is 0 Å². The summed E-state index contributed by atoms with van der Waals surface area (Å²) < 4.78 is 13.4. The molecule has 0 unspecified atom stereocenters. The van der Waals surface area contributed by atoms with Gasteiger partial charge in [0.2, 0.25) is 5.91 Å². The first-order valence-electron chi connectivity index (χ1n) is 7.92. The van der Waals surface area contributed by atoms with E-state index in [0.29, 0.717) is 32.8 Å². The van der Waals surface area contributed by atoms with Crippen molar-refractivity contribution in [2.24, 2.45) is 5.41 Å². The van der Waals surface area contributed by atoms with Crippen molar-refractivity contribution in [3.05, 3.63) is 30.6 Å². The first-order chi connectivity index (χ1) is 11.0. The van der Waals surface area contributed by atoms with Gasteiger partial charge in [-0.3, -0.25) is 4.79 Å². The van der Waals surface area contributed by atoms with Gasteiger partial charge < -0.3 is 18.9 Å². The molecule has 1 spiro atoms. The number of fused-ring (bicyclic) bond motifs is 1. The zero-order valence-corrected chi connectivity index (χ0v) is 13.5. The van der Waals surface area contributed by atoms with Gasteiger partial charge in [0, 0.05) is 13.1 Å². The van der Waals surface area contributed by atoms with Crippen LogP contribution in [0.2, 0.25) is 0 Å². The fraction of sp³-hybridized carbons (Fsp3) is 0.529. The van der Waals surface area contributed by atoms with E-state index in [1.807, 2.05) is 47.6 Å². The van der Waals surface area contributed by atoms with E-state index in [-0.39, 0.29) is 11.3 Å². The second-order valence-corrected chi connectivity index (χ2v) is 7.09. The Morgan fingerprint density at radius 3 is 2.65 bits per heavy atom. The number of hydrogen-bond donors (Lipinski definition) is 0. The number of carbonyl (C=O) groups excluding carboxylic acids is 1. The number of nitrogens with zero attached hydrogens (tertiary/aromatic N) is 3. The van der Waals surface area contributed by atoms with Gasteiger partial charge in [0.25, 0.3) is 0 Å². The van der Waals surface area contributed by atoms with Crippen LogP contribution in [0.1, 0.15) is 13.8 Å². The van der Waals surface area contributed by atoms with Crippen molar-refractivity contribution in [3.8, 4) is 0 Å². The number of likely N-dealkylation sites (tertiary alicyclic amines) is 1. The Labute approximate surface area is 135 Å². The maximum Gasteiger partial charge on any atom is 0.242 e. The van der Waals surface area contributed by atoms with Gasteiger partial charge >= 0.3 is 0 Å². The molecule has 4 rings (SSSR count). The minimum Gasteiger partial charge on any atom is -0.350 e. The number of benzene rings is 1. The van der Waals surface area contributed by atoms with E-state index in [0.717, 1.165) is 11.0 Å². The maximum atomic E-state index is 12.5. The van der Waals surface area contributed by atoms with Crippen LogP contribution < -0.4 is 0 Å². The summed E-state index contributed by atoms with van der Waals surface area (Å²) in [7, 11) is 0. The fourth-order valence-corrected chi connectivity index (χ4v) is 3.24. The molecule has 3 heterocycles. The smallest absolute Gasteiger partial charge is 0.242 e. The summed E-state index contributed by atoms with van der Waals surface area (Å²) in [4.78, 5) is 18.7. The van der Waals surface area contributed by atoms with Gasteiger partial charge in [-0.05, 0) is 26.0 Å². The Morgan fingerprint density at radius 2 is 1.91 bits per heavy atom. The van der Waals surface area contributed by atoms with E-state index in [2.05, 4.69) is 4.98 Å². The third-order valence-electron chi connectivity index (χ3n) is 4.69. The van der Waals surface area contributed by atoms with Gasteiger partial charge in [-0.2, -0.15) is 0 Å². The Balaban J connectivity index is 1.38. The molecule has 0 radical (unpaired) electrons. The van der Waals surface area contributed by atoms with Crippen LogP contribution in [0.25, 0.3) is 11.0 Å². The van der Waals surface area contributed by atoms with E-state index in [1.165, 1.54) is 0 Å². The Bertz CT molecular complexity index is 734. The number of ether oxygens (including phenoxy) is 2. The highest BCUT2D eigenvalue weighted by atomic mass is 16.7. The fourth-order valence-electron chi connectivity index (χ4n) is 3.24. The molecular weight excluding hydrogens is 294 g/mol. The van der Waals surface area contributed by atoms with E-state index < -0.39 is 5.79 Å². The Kier molecular flexibility index (Phi) is 3.21. The lowest BCUT2D eigenvalue weighted by Gasteiger charge is -2.54. The standard InChI is InChI=1S/C17H21N3O3/c1-16(2)22-10-17(11-23-16)8-20(9-17)15(21)7-19-12-18-13-5-3-4-6-14(13)19/h3-6,12H,7-11H2,1-2H3. The molecule has 6 heteroatoms. The van der Waals surface area contributed by atoms with Gasteiger partial charge in [-0.15, -0.1) is 0 Å². The van der Waals surface area contributed by atoms with Crippen LogP contribution >= 0.6 is 0 Å². The average Bonchev–Trinajstić information content (AvgIpc) is 2.89. The number of rotatable bonds is 2. The normalized spacial score (nSPS) is 22.3. The molecule has 1 aromatic heterocycles.